The first-order valence-electron chi connectivity index (χ1n) is 10.2. The second-order valence-corrected chi connectivity index (χ2v) is 7.58. The molecule has 0 saturated carbocycles. The summed E-state index contributed by atoms with van der Waals surface area (Å²) in [4.78, 5) is 22.1. The van der Waals surface area contributed by atoms with Crippen LogP contribution >= 0.6 is 23.7 Å². The number of fused-ring (bicyclic) bond motifs is 1. The molecule has 0 unspecified atom stereocenters. The van der Waals surface area contributed by atoms with Crippen LogP contribution in [0.25, 0.3) is 10.2 Å². The number of hydrogen-bond acceptors (Lipinski definition) is 6. The number of nitrogens with zero attached hydrogens (tertiary/aromatic N) is 5. The molecule has 30 heavy (non-hydrogen) atoms. The fraction of sp³-hybridized carbons (Fsp3) is 0.476. The lowest BCUT2D eigenvalue weighted by atomic mass is 10.3. The van der Waals surface area contributed by atoms with Gasteiger partial charge in [0.2, 0.25) is 0 Å². The van der Waals surface area contributed by atoms with Crippen LogP contribution in [0.4, 0.5) is 5.13 Å². The molecule has 2 aromatic heterocycles. The molecule has 0 aliphatic rings. The third-order valence-electron chi connectivity index (χ3n) is 4.86. The second kappa shape index (κ2) is 11.3. The molecule has 0 aliphatic heterocycles. The first kappa shape index (κ1) is 24.1. The predicted octanol–water partition coefficient (Wildman–Crippen LogP) is 4.32. The van der Waals surface area contributed by atoms with E-state index in [0.717, 1.165) is 42.1 Å². The van der Waals surface area contributed by atoms with Gasteiger partial charge in [-0.05, 0) is 45.1 Å². The largest absolute Gasteiger partial charge is 0.492 e. The van der Waals surface area contributed by atoms with E-state index in [1.165, 1.54) is 11.3 Å². The lowest BCUT2D eigenvalue weighted by molar-refractivity contribution is 0.0978. The molecule has 1 aromatic carbocycles. The van der Waals surface area contributed by atoms with Gasteiger partial charge in [-0.1, -0.05) is 31.3 Å². The molecule has 7 nitrogen and oxygen atoms in total. The van der Waals surface area contributed by atoms with Gasteiger partial charge in [0, 0.05) is 25.8 Å². The molecule has 164 valence electrons. The predicted molar refractivity (Wildman–Crippen MR) is 125 cm³/mol. The average Bonchev–Trinajstić information content (AvgIpc) is 3.38. The Morgan fingerprint density at radius 1 is 1.13 bits per heavy atom. The van der Waals surface area contributed by atoms with Crippen molar-refractivity contribution < 1.29 is 9.53 Å². The van der Waals surface area contributed by atoms with Crippen molar-refractivity contribution in [1.82, 2.24) is 19.7 Å². The first-order valence-corrected chi connectivity index (χ1v) is 11.0. The molecule has 9 heteroatoms. The van der Waals surface area contributed by atoms with Crippen molar-refractivity contribution in [1.29, 1.82) is 0 Å². The van der Waals surface area contributed by atoms with Crippen LogP contribution in [-0.2, 0) is 6.54 Å². The van der Waals surface area contributed by atoms with Crippen LogP contribution < -0.4 is 9.64 Å². The Bertz CT molecular complexity index is 954. The molecule has 0 aliphatic carbocycles. The molecule has 2 heterocycles. The van der Waals surface area contributed by atoms with Crippen LogP contribution in [0.2, 0.25) is 0 Å². The van der Waals surface area contributed by atoms with Crippen LogP contribution in [0.3, 0.4) is 0 Å². The number of likely N-dealkylation sites (N-methyl/N-ethyl adjacent to an activating group) is 1. The van der Waals surface area contributed by atoms with Gasteiger partial charge in [0.25, 0.3) is 5.91 Å². The van der Waals surface area contributed by atoms with E-state index < -0.39 is 0 Å². The minimum absolute atomic E-state index is 0. The number of anilines is 1. The van der Waals surface area contributed by atoms with Gasteiger partial charge < -0.3 is 9.64 Å². The van der Waals surface area contributed by atoms with E-state index in [2.05, 4.69) is 23.8 Å². The van der Waals surface area contributed by atoms with Crippen molar-refractivity contribution in [2.24, 2.45) is 0 Å². The summed E-state index contributed by atoms with van der Waals surface area (Å²) in [7, 11) is 0. The SMILES string of the molecule is CCOc1cccc2sc(N(CCN(CC)CC)C(=O)c3ccn(CC)n3)nc12.Cl. The zero-order chi connectivity index (χ0) is 20.8. The Labute approximate surface area is 188 Å². The topological polar surface area (TPSA) is 63.5 Å². The summed E-state index contributed by atoms with van der Waals surface area (Å²) in [5.41, 5.74) is 1.24. The number of aryl methyl sites for hydroxylation is 1. The molecule has 3 rings (SSSR count). The summed E-state index contributed by atoms with van der Waals surface area (Å²) in [6, 6.07) is 7.66. The Kier molecular flexibility index (Phi) is 9.08. The number of benzene rings is 1. The van der Waals surface area contributed by atoms with E-state index in [0.29, 0.717) is 24.0 Å². The third kappa shape index (κ3) is 5.30. The number of aromatic nitrogens is 3. The van der Waals surface area contributed by atoms with E-state index >= 15 is 0 Å². The summed E-state index contributed by atoms with van der Waals surface area (Å²) in [6.45, 7) is 12.7. The van der Waals surface area contributed by atoms with E-state index in [4.69, 9.17) is 9.72 Å². The molecule has 0 bridgehead atoms. The first-order chi connectivity index (χ1) is 14.1. The Morgan fingerprint density at radius 3 is 2.53 bits per heavy atom. The highest BCUT2D eigenvalue weighted by Crippen LogP contribution is 2.34. The average molecular weight is 452 g/mol. The normalized spacial score (nSPS) is 11.0. The Balaban J connectivity index is 0.00000320. The van der Waals surface area contributed by atoms with E-state index in [1.807, 2.05) is 38.2 Å². The Hall–Kier alpha value is -2.16. The van der Waals surface area contributed by atoms with Crippen molar-refractivity contribution in [2.45, 2.75) is 34.2 Å². The van der Waals surface area contributed by atoms with Crippen LogP contribution in [0.1, 0.15) is 38.2 Å². The highest BCUT2D eigenvalue weighted by atomic mass is 35.5. The van der Waals surface area contributed by atoms with Gasteiger partial charge >= 0.3 is 0 Å². The molecule has 0 radical (unpaired) electrons. The molecule has 0 saturated heterocycles. The van der Waals surface area contributed by atoms with Gasteiger partial charge in [-0.25, -0.2) is 4.98 Å². The number of rotatable bonds is 10. The molecule has 0 spiro atoms. The van der Waals surface area contributed by atoms with Gasteiger partial charge in [0.15, 0.2) is 10.8 Å². The van der Waals surface area contributed by atoms with Gasteiger partial charge in [-0.2, -0.15) is 5.10 Å². The highest BCUT2D eigenvalue weighted by Gasteiger charge is 2.24. The smallest absolute Gasteiger partial charge is 0.280 e. The maximum atomic E-state index is 13.3. The maximum absolute atomic E-state index is 13.3. The number of amides is 1. The van der Waals surface area contributed by atoms with E-state index in [-0.39, 0.29) is 18.3 Å². The van der Waals surface area contributed by atoms with Crippen LogP contribution in [0, 0.1) is 0 Å². The van der Waals surface area contributed by atoms with E-state index in [1.54, 1.807) is 15.6 Å². The monoisotopic (exact) mass is 451 g/mol. The second-order valence-electron chi connectivity index (χ2n) is 6.57. The van der Waals surface area contributed by atoms with E-state index in [9.17, 15) is 4.79 Å². The molecule has 3 aromatic rings. The van der Waals surface area contributed by atoms with Crippen molar-refractivity contribution in [3.05, 3.63) is 36.2 Å². The van der Waals surface area contributed by atoms with Crippen molar-refractivity contribution in [3.63, 3.8) is 0 Å². The lowest BCUT2D eigenvalue weighted by Crippen LogP contribution is -2.39. The quantitative estimate of drug-likeness (QED) is 0.459. The molecule has 0 atom stereocenters. The molecule has 1 amide bonds. The molecule has 0 fully saturated rings. The summed E-state index contributed by atoms with van der Waals surface area (Å²) in [6.07, 6.45) is 1.83. The van der Waals surface area contributed by atoms with Crippen LogP contribution in [-0.4, -0.2) is 58.4 Å². The number of para-hydroxylation sites is 1. The van der Waals surface area contributed by atoms with Gasteiger partial charge in [0.05, 0.1) is 11.3 Å². The number of ether oxygens (including phenoxy) is 1. The minimum Gasteiger partial charge on any atom is -0.492 e. The van der Waals surface area contributed by atoms with Crippen molar-refractivity contribution in [2.75, 3.05) is 37.7 Å². The number of halogens is 1. The third-order valence-corrected chi connectivity index (χ3v) is 5.91. The standard InChI is InChI=1S/C21H29N5O2S.ClH/c1-5-24(6-2)14-15-26(20(27)16-12-13-25(7-3)23-16)21-22-19-17(28-8-4)10-9-11-18(19)29-21;/h9-13H,5-8,14-15H2,1-4H3;1H. The summed E-state index contributed by atoms with van der Waals surface area (Å²) < 4.78 is 8.50. The summed E-state index contributed by atoms with van der Waals surface area (Å²) >= 11 is 1.51. The molecular formula is C21H30ClN5O2S. The van der Waals surface area contributed by atoms with Gasteiger partial charge in [-0.3, -0.25) is 14.4 Å². The summed E-state index contributed by atoms with van der Waals surface area (Å²) in [5.74, 6) is 0.625. The highest BCUT2D eigenvalue weighted by molar-refractivity contribution is 7.22. The van der Waals surface area contributed by atoms with Crippen LogP contribution in [0.15, 0.2) is 30.5 Å². The van der Waals surface area contributed by atoms with Crippen LogP contribution in [0.5, 0.6) is 5.75 Å². The van der Waals surface area contributed by atoms with Gasteiger partial charge in [0.1, 0.15) is 11.3 Å². The fourth-order valence-corrected chi connectivity index (χ4v) is 4.16. The fourth-order valence-electron chi connectivity index (χ4n) is 3.15. The number of carbonyl (C=O) groups is 1. The number of carbonyl (C=O) groups excluding carboxylic acids is 1. The minimum atomic E-state index is -0.124. The maximum Gasteiger partial charge on any atom is 0.280 e. The number of hydrogen-bond donors (Lipinski definition) is 0. The number of thiazole rings is 1. The molecular weight excluding hydrogens is 422 g/mol. The van der Waals surface area contributed by atoms with Crippen molar-refractivity contribution in [3.8, 4) is 5.75 Å². The Morgan fingerprint density at radius 2 is 1.90 bits per heavy atom. The van der Waals surface area contributed by atoms with Gasteiger partial charge in [-0.15, -0.1) is 12.4 Å². The molecule has 0 N–H and O–H groups in total. The van der Waals surface area contributed by atoms with Crippen molar-refractivity contribution >= 4 is 45.0 Å². The zero-order valence-electron chi connectivity index (χ0n) is 18.0. The zero-order valence-corrected chi connectivity index (χ0v) is 19.6. The summed E-state index contributed by atoms with van der Waals surface area (Å²) in [5, 5.41) is 5.08. The lowest BCUT2D eigenvalue weighted by Gasteiger charge is -2.24.